The standard InChI is InChI=1S/C16H27N3O/c1-4-18(5-2)11-8-12-19(6-3)16(20)14-9-7-10-15(17)13-14/h7,9-10,13H,4-6,8,11-12,17H2,1-3H3. The molecule has 20 heavy (non-hydrogen) atoms. The average Bonchev–Trinajstić information content (AvgIpc) is 2.47. The molecule has 4 heteroatoms. The number of nitrogens with two attached hydrogens (primary N) is 1. The summed E-state index contributed by atoms with van der Waals surface area (Å²) in [6.07, 6.45) is 1.00. The Morgan fingerprint density at radius 3 is 2.35 bits per heavy atom. The maximum Gasteiger partial charge on any atom is 0.253 e. The number of anilines is 1. The van der Waals surface area contributed by atoms with E-state index in [9.17, 15) is 4.79 Å². The number of hydrogen-bond donors (Lipinski definition) is 1. The summed E-state index contributed by atoms with van der Waals surface area (Å²) in [5.74, 6) is 0.0688. The minimum atomic E-state index is 0.0688. The molecule has 1 rings (SSSR count). The first-order chi connectivity index (χ1) is 9.62. The number of carbonyl (C=O) groups is 1. The summed E-state index contributed by atoms with van der Waals surface area (Å²) in [5.41, 5.74) is 7.05. The fourth-order valence-corrected chi connectivity index (χ4v) is 2.28. The Morgan fingerprint density at radius 2 is 1.80 bits per heavy atom. The molecule has 0 radical (unpaired) electrons. The van der Waals surface area contributed by atoms with E-state index < -0.39 is 0 Å². The molecule has 2 N–H and O–H groups in total. The van der Waals surface area contributed by atoms with Gasteiger partial charge < -0.3 is 15.5 Å². The van der Waals surface area contributed by atoms with E-state index in [2.05, 4.69) is 18.7 Å². The zero-order chi connectivity index (χ0) is 15.0. The van der Waals surface area contributed by atoms with Gasteiger partial charge in [0.25, 0.3) is 5.91 Å². The normalized spacial score (nSPS) is 10.8. The van der Waals surface area contributed by atoms with Gasteiger partial charge in [0.1, 0.15) is 0 Å². The third kappa shape index (κ3) is 4.85. The summed E-state index contributed by atoms with van der Waals surface area (Å²) in [4.78, 5) is 16.7. The molecule has 112 valence electrons. The lowest BCUT2D eigenvalue weighted by atomic mass is 10.1. The molecule has 0 fully saturated rings. The number of nitrogens with zero attached hydrogens (tertiary/aromatic N) is 2. The molecule has 0 saturated carbocycles. The van der Waals surface area contributed by atoms with Gasteiger partial charge in [0.15, 0.2) is 0 Å². The molecule has 0 aromatic heterocycles. The minimum Gasteiger partial charge on any atom is -0.399 e. The minimum absolute atomic E-state index is 0.0688. The molecule has 0 spiro atoms. The van der Waals surface area contributed by atoms with Gasteiger partial charge in [-0.3, -0.25) is 4.79 Å². The second-order valence-electron chi connectivity index (χ2n) is 4.89. The van der Waals surface area contributed by atoms with Crippen LogP contribution in [0, 0.1) is 0 Å². The topological polar surface area (TPSA) is 49.6 Å². The van der Waals surface area contributed by atoms with Gasteiger partial charge >= 0.3 is 0 Å². The lowest BCUT2D eigenvalue weighted by molar-refractivity contribution is 0.0757. The SMILES string of the molecule is CCN(CC)CCCN(CC)C(=O)c1cccc(N)c1. The Hall–Kier alpha value is -1.55. The highest BCUT2D eigenvalue weighted by atomic mass is 16.2. The van der Waals surface area contributed by atoms with E-state index in [1.165, 1.54) is 0 Å². The van der Waals surface area contributed by atoms with E-state index in [0.717, 1.165) is 39.1 Å². The van der Waals surface area contributed by atoms with E-state index in [1.54, 1.807) is 12.1 Å². The summed E-state index contributed by atoms with van der Waals surface area (Å²) in [6, 6.07) is 7.20. The highest BCUT2D eigenvalue weighted by Crippen LogP contribution is 2.10. The van der Waals surface area contributed by atoms with Crippen molar-refractivity contribution in [1.29, 1.82) is 0 Å². The molecule has 1 aromatic carbocycles. The second-order valence-corrected chi connectivity index (χ2v) is 4.89. The van der Waals surface area contributed by atoms with Crippen LogP contribution >= 0.6 is 0 Å². The van der Waals surface area contributed by atoms with Crippen molar-refractivity contribution in [2.45, 2.75) is 27.2 Å². The van der Waals surface area contributed by atoms with Crippen LogP contribution in [0.25, 0.3) is 0 Å². The molecule has 1 aromatic rings. The largest absolute Gasteiger partial charge is 0.399 e. The van der Waals surface area contributed by atoms with Crippen LogP contribution in [0.1, 0.15) is 37.6 Å². The summed E-state index contributed by atoms with van der Waals surface area (Å²) in [7, 11) is 0. The summed E-state index contributed by atoms with van der Waals surface area (Å²) >= 11 is 0. The first-order valence-electron chi connectivity index (χ1n) is 7.49. The van der Waals surface area contributed by atoms with E-state index in [1.807, 2.05) is 24.0 Å². The van der Waals surface area contributed by atoms with Gasteiger partial charge in [-0.25, -0.2) is 0 Å². The van der Waals surface area contributed by atoms with Crippen LogP contribution in [-0.4, -0.2) is 48.4 Å². The predicted molar refractivity (Wildman–Crippen MR) is 84.8 cm³/mol. The summed E-state index contributed by atoms with van der Waals surface area (Å²) < 4.78 is 0. The summed E-state index contributed by atoms with van der Waals surface area (Å²) in [5, 5.41) is 0. The maximum atomic E-state index is 12.4. The van der Waals surface area contributed by atoms with Crippen molar-refractivity contribution in [3.05, 3.63) is 29.8 Å². The van der Waals surface area contributed by atoms with Gasteiger partial charge in [0, 0.05) is 24.3 Å². The quantitative estimate of drug-likeness (QED) is 0.743. The molecule has 0 aliphatic rings. The number of benzene rings is 1. The van der Waals surface area contributed by atoms with Crippen LogP contribution in [0.5, 0.6) is 0 Å². The fraction of sp³-hybridized carbons (Fsp3) is 0.562. The predicted octanol–water partition coefficient (Wildman–Crippen LogP) is 2.46. The van der Waals surface area contributed by atoms with Crippen molar-refractivity contribution in [3.8, 4) is 0 Å². The Bertz CT molecular complexity index is 416. The molecule has 0 saturated heterocycles. The molecule has 0 heterocycles. The second kappa shape index (κ2) is 8.59. The van der Waals surface area contributed by atoms with E-state index in [4.69, 9.17) is 5.73 Å². The van der Waals surface area contributed by atoms with Gasteiger partial charge in [-0.2, -0.15) is 0 Å². The Labute approximate surface area is 122 Å². The van der Waals surface area contributed by atoms with Crippen LogP contribution in [-0.2, 0) is 0 Å². The summed E-state index contributed by atoms with van der Waals surface area (Å²) in [6.45, 7) is 11.0. The number of amides is 1. The van der Waals surface area contributed by atoms with Crippen LogP contribution in [0.3, 0.4) is 0 Å². The lowest BCUT2D eigenvalue weighted by Gasteiger charge is -2.23. The Morgan fingerprint density at radius 1 is 1.10 bits per heavy atom. The van der Waals surface area contributed by atoms with Crippen LogP contribution in [0.15, 0.2) is 24.3 Å². The van der Waals surface area contributed by atoms with Crippen molar-refractivity contribution in [1.82, 2.24) is 9.80 Å². The molecule has 0 bridgehead atoms. The molecule has 0 atom stereocenters. The van der Waals surface area contributed by atoms with E-state index >= 15 is 0 Å². The van der Waals surface area contributed by atoms with Crippen molar-refractivity contribution in [2.75, 3.05) is 38.5 Å². The number of hydrogen-bond acceptors (Lipinski definition) is 3. The molecule has 0 aliphatic heterocycles. The zero-order valence-corrected chi connectivity index (χ0v) is 12.9. The fourth-order valence-electron chi connectivity index (χ4n) is 2.28. The maximum absolute atomic E-state index is 12.4. The molecular weight excluding hydrogens is 250 g/mol. The molecule has 4 nitrogen and oxygen atoms in total. The number of carbonyl (C=O) groups excluding carboxylic acids is 1. The van der Waals surface area contributed by atoms with Crippen LogP contribution < -0.4 is 5.73 Å². The van der Waals surface area contributed by atoms with Crippen molar-refractivity contribution in [3.63, 3.8) is 0 Å². The Balaban J connectivity index is 2.55. The van der Waals surface area contributed by atoms with Gasteiger partial charge in [-0.05, 0) is 51.2 Å². The third-order valence-corrected chi connectivity index (χ3v) is 3.60. The first kappa shape index (κ1) is 16.5. The Kier molecular flexibility index (Phi) is 7.09. The highest BCUT2D eigenvalue weighted by molar-refractivity contribution is 5.95. The van der Waals surface area contributed by atoms with Crippen molar-refractivity contribution >= 4 is 11.6 Å². The van der Waals surface area contributed by atoms with Crippen molar-refractivity contribution < 1.29 is 4.79 Å². The number of nitrogen functional groups attached to an aromatic ring is 1. The molecular formula is C16H27N3O. The average molecular weight is 277 g/mol. The zero-order valence-electron chi connectivity index (χ0n) is 12.9. The van der Waals surface area contributed by atoms with E-state index in [-0.39, 0.29) is 5.91 Å². The van der Waals surface area contributed by atoms with Gasteiger partial charge in [0.05, 0.1) is 0 Å². The highest BCUT2D eigenvalue weighted by Gasteiger charge is 2.14. The van der Waals surface area contributed by atoms with Crippen molar-refractivity contribution in [2.24, 2.45) is 0 Å². The molecule has 1 amide bonds. The molecule has 0 unspecified atom stereocenters. The third-order valence-electron chi connectivity index (χ3n) is 3.60. The first-order valence-corrected chi connectivity index (χ1v) is 7.49. The van der Waals surface area contributed by atoms with Crippen LogP contribution in [0.4, 0.5) is 5.69 Å². The number of rotatable bonds is 8. The van der Waals surface area contributed by atoms with E-state index in [0.29, 0.717) is 11.3 Å². The monoisotopic (exact) mass is 277 g/mol. The van der Waals surface area contributed by atoms with Gasteiger partial charge in [-0.15, -0.1) is 0 Å². The smallest absolute Gasteiger partial charge is 0.253 e. The molecule has 0 aliphatic carbocycles. The van der Waals surface area contributed by atoms with Gasteiger partial charge in [0.2, 0.25) is 0 Å². The lowest BCUT2D eigenvalue weighted by Crippen LogP contribution is -2.34. The van der Waals surface area contributed by atoms with Gasteiger partial charge in [-0.1, -0.05) is 19.9 Å². The van der Waals surface area contributed by atoms with Crippen LogP contribution in [0.2, 0.25) is 0 Å².